The molecule has 0 spiro atoms. The SMILES string of the molecule is CCOP(=O)(OCC)C(CC)CS(=O)(=O)C(C)(C)S(=O)(=O)CC. The highest BCUT2D eigenvalue weighted by Gasteiger charge is 2.49. The van der Waals surface area contributed by atoms with E-state index < -0.39 is 42.8 Å². The minimum absolute atomic E-state index is 0.116. The van der Waals surface area contributed by atoms with Gasteiger partial charge in [0.05, 0.1) is 24.6 Å². The van der Waals surface area contributed by atoms with Crippen LogP contribution in [0.3, 0.4) is 0 Å². The van der Waals surface area contributed by atoms with Crippen LogP contribution in [0.5, 0.6) is 0 Å². The minimum atomic E-state index is -4.08. The molecular formula is C13H29O7PS2. The molecule has 1 atom stereocenters. The van der Waals surface area contributed by atoms with Gasteiger partial charge in [0.1, 0.15) is 0 Å². The van der Waals surface area contributed by atoms with E-state index in [1.54, 1.807) is 20.8 Å². The van der Waals surface area contributed by atoms with Crippen molar-refractivity contribution >= 4 is 27.3 Å². The fourth-order valence-electron chi connectivity index (χ4n) is 2.04. The van der Waals surface area contributed by atoms with Gasteiger partial charge >= 0.3 is 7.60 Å². The maximum Gasteiger partial charge on any atom is 0.334 e. The van der Waals surface area contributed by atoms with Gasteiger partial charge in [0.25, 0.3) is 0 Å². The van der Waals surface area contributed by atoms with Crippen LogP contribution in [-0.2, 0) is 33.3 Å². The summed E-state index contributed by atoms with van der Waals surface area (Å²) in [5.74, 6) is -0.850. The second kappa shape index (κ2) is 8.43. The standard InChI is InChI=1S/C13H29O7PS2/c1-7-12(21(14,19-8-2)20-9-3)11-23(17,18)13(5,6)22(15,16)10-4/h12H,7-11H2,1-6H3. The van der Waals surface area contributed by atoms with E-state index in [9.17, 15) is 21.4 Å². The Balaban J connectivity index is 5.77. The Hall–Kier alpha value is 0.0500. The van der Waals surface area contributed by atoms with Crippen LogP contribution in [0.25, 0.3) is 0 Å². The monoisotopic (exact) mass is 392 g/mol. The highest BCUT2D eigenvalue weighted by Crippen LogP contribution is 2.55. The summed E-state index contributed by atoms with van der Waals surface area (Å²) in [4.78, 5) is 0. The highest BCUT2D eigenvalue weighted by atomic mass is 32.3. The molecule has 0 heterocycles. The van der Waals surface area contributed by atoms with Gasteiger partial charge in [0.15, 0.2) is 23.8 Å². The summed E-state index contributed by atoms with van der Waals surface area (Å²) in [6, 6.07) is 0. The van der Waals surface area contributed by atoms with Crippen LogP contribution in [0.15, 0.2) is 0 Å². The average molecular weight is 392 g/mol. The van der Waals surface area contributed by atoms with Gasteiger partial charge in [-0.05, 0) is 34.1 Å². The second-order valence-electron chi connectivity index (χ2n) is 5.52. The van der Waals surface area contributed by atoms with Gasteiger partial charge in [-0.15, -0.1) is 0 Å². The molecule has 23 heavy (non-hydrogen) atoms. The molecule has 0 saturated heterocycles. The Morgan fingerprint density at radius 1 is 0.913 bits per heavy atom. The normalized spacial score (nSPS) is 15.6. The molecule has 0 aromatic rings. The van der Waals surface area contributed by atoms with E-state index in [0.717, 1.165) is 0 Å². The second-order valence-corrected chi connectivity index (χ2v) is 13.5. The predicted octanol–water partition coefficient (Wildman–Crippen LogP) is 2.62. The molecule has 0 amide bonds. The molecule has 0 aliphatic carbocycles. The molecule has 0 N–H and O–H groups in total. The Kier molecular flexibility index (Phi) is 8.45. The summed E-state index contributed by atoms with van der Waals surface area (Å²) in [5, 5.41) is 0. The van der Waals surface area contributed by atoms with Crippen LogP contribution in [0.2, 0.25) is 0 Å². The first-order chi connectivity index (χ1) is 10.3. The molecule has 10 heteroatoms. The van der Waals surface area contributed by atoms with Gasteiger partial charge in [0, 0.05) is 5.75 Å². The van der Waals surface area contributed by atoms with E-state index in [2.05, 4.69) is 0 Å². The molecule has 0 aliphatic heterocycles. The molecule has 0 bridgehead atoms. The molecular weight excluding hydrogens is 363 g/mol. The summed E-state index contributed by atoms with van der Waals surface area (Å²) in [7, 11) is -11.5. The molecule has 140 valence electrons. The van der Waals surface area contributed by atoms with Gasteiger partial charge in [-0.2, -0.15) is 0 Å². The Morgan fingerprint density at radius 3 is 1.65 bits per heavy atom. The lowest BCUT2D eigenvalue weighted by Crippen LogP contribution is -2.45. The molecule has 0 aliphatic rings. The number of rotatable bonds is 11. The topological polar surface area (TPSA) is 104 Å². The number of hydrogen-bond acceptors (Lipinski definition) is 7. The van der Waals surface area contributed by atoms with Crippen molar-refractivity contribution in [1.82, 2.24) is 0 Å². The smallest absolute Gasteiger partial charge is 0.309 e. The van der Waals surface area contributed by atoms with E-state index in [1.165, 1.54) is 20.8 Å². The van der Waals surface area contributed by atoms with Crippen molar-refractivity contribution in [2.75, 3.05) is 24.7 Å². The Bertz CT molecular complexity index is 613. The Labute approximate surface area is 140 Å². The quantitative estimate of drug-likeness (QED) is 0.498. The fourth-order valence-corrected chi connectivity index (χ4v) is 8.96. The first-order valence-corrected chi connectivity index (χ1v) is 12.6. The van der Waals surface area contributed by atoms with Crippen molar-refractivity contribution in [3.63, 3.8) is 0 Å². The van der Waals surface area contributed by atoms with E-state index in [0.29, 0.717) is 0 Å². The van der Waals surface area contributed by atoms with Gasteiger partial charge in [-0.3, -0.25) is 4.57 Å². The predicted molar refractivity (Wildman–Crippen MR) is 92.3 cm³/mol. The number of sulfone groups is 2. The third kappa shape index (κ3) is 5.01. The fraction of sp³-hybridized carbons (Fsp3) is 1.00. The minimum Gasteiger partial charge on any atom is -0.309 e. The van der Waals surface area contributed by atoms with Crippen LogP contribution in [-0.4, -0.2) is 51.3 Å². The van der Waals surface area contributed by atoms with Crippen molar-refractivity contribution in [1.29, 1.82) is 0 Å². The first-order valence-electron chi connectivity index (χ1n) is 7.68. The number of hydrogen-bond donors (Lipinski definition) is 0. The zero-order chi connectivity index (χ0) is 18.5. The van der Waals surface area contributed by atoms with E-state index in [4.69, 9.17) is 9.05 Å². The highest BCUT2D eigenvalue weighted by molar-refractivity contribution is 8.10. The van der Waals surface area contributed by atoms with E-state index in [1.807, 2.05) is 0 Å². The van der Waals surface area contributed by atoms with Crippen molar-refractivity contribution < 1.29 is 30.4 Å². The summed E-state index contributed by atoms with van der Waals surface area (Å²) >= 11 is 0. The lowest BCUT2D eigenvalue weighted by Gasteiger charge is -2.29. The molecule has 0 aromatic heterocycles. The summed E-state index contributed by atoms with van der Waals surface area (Å²) in [6.45, 7) is 8.91. The summed E-state index contributed by atoms with van der Waals surface area (Å²) < 4.78 is 70.9. The summed E-state index contributed by atoms with van der Waals surface area (Å²) in [5.41, 5.74) is -0.904. The van der Waals surface area contributed by atoms with E-state index in [-0.39, 0.29) is 25.4 Å². The van der Waals surface area contributed by atoms with Crippen LogP contribution in [0, 0.1) is 0 Å². The van der Waals surface area contributed by atoms with Crippen LogP contribution in [0.4, 0.5) is 0 Å². The third-order valence-electron chi connectivity index (χ3n) is 3.83. The zero-order valence-electron chi connectivity index (χ0n) is 14.7. The largest absolute Gasteiger partial charge is 0.334 e. The first kappa shape index (κ1) is 23.1. The molecule has 0 saturated carbocycles. The van der Waals surface area contributed by atoms with E-state index >= 15 is 0 Å². The molecule has 0 radical (unpaired) electrons. The van der Waals surface area contributed by atoms with Crippen LogP contribution in [0.1, 0.15) is 48.0 Å². The van der Waals surface area contributed by atoms with Gasteiger partial charge in [-0.25, -0.2) is 16.8 Å². The van der Waals surface area contributed by atoms with Crippen molar-refractivity contribution in [3.8, 4) is 0 Å². The zero-order valence-corrected chi connectivity index (χ0v) is 17.3. The maximum atomic E-state index is 12.8. The van der Waals surface area contributed by atoms with Crippen LogP contribution >= 0.6 is 7.60 Å². The van der Waals surface area contributed by atoms with Crippen molar-refractivity contribution in [2.24, 2.45) is 0 Å². The van der Waals surface area contributed by atoms with Gasteiger partial charge in [0.2, 0.25) is 0 Å². The lowest BCUT2D eigenvalue weighted by molar-refractivity contribution is 0.212. The van der Waals surface area contributed by atoms with Crippen molar-refractivity contribution in [3.05, 3.63) is 0 Å². The van der Waals surface area contributed by atoms with Gasteiger partial charge < -0.3 is 9.05 Å². The summed E-state index contributed by atoms with van der Waals surface area (Å²) in [6.07, 6.45) is 0.235. The van der Waals surface area contributed by atoms with Crippen molar-refractivity contribution in [2.45, 2.75) is 57.7 Å². The molecule has 1 unspecified atom stereocenters. The maximum absolute atomic E-state index is 12.8. The average Bonchev–Trinajstić information content (AvgIpc) is 2.44. The molecule has 0 aromatic carbocycles. The third-order valence-corrected chi connectivity index (χ3v) is 12.9. The lowest BCUT2D eigenvalue weighted by atomic mass is 10.4. The molecule has 0 rings (SSSR count). The molecule has 0 fully saturated rings. The Morgan fingerprint density at radius 2 is 1.35 bits per heavy atom. The molecule has 7 nitrogen and oxygen atoms in total. The van der Waals surface area contributed by atoms with Crippen LogP contribution < -0.4 is 0 Å². The van der Waals surface area contributed by atoms with Gasteiger partial charge in [-0.1, -0.05) is 13.8 Å².